The third kappa shape index (κ3) is 3.71. The van der Waals surface area contributed by atoms with E-state index in [-0.39, 0.29) is 6.04 Å². The normalized spacial score (nSPS) is 13.6. The van der Waals surface area contributed by atoms with Crippen molar-refractivity contribution in [2.45, 2.75) is 38.5 Å². The van der Waals surface area contributed by atoms with Crippen molar-refractivity contribution >= 4 is 10.0 Å². The fourth-order valence-electron chi connectivity index (χ4n) is 1.56. The molecule has 1 rings (SSSR count). The molecule has 1 aromatic rings. The van der Waals surface area contributed by atoms with Crippen LogP contribution in [0.4, 0.5) is 0 Å². The molecule has 1 aromatic carbocycles. The number of nitrogens with one attached hydrogen (secondary N) is 1. The van der Waals surface area contributed by atoms with Gasteiger partial charge in [-0.3, -0.25) is 0 Å². The molecule has 0 radical (unpaired) electrons. The van der Waals surface area contributed by atoms with Gasteiger partial charge in [0.15, 0.2) is 0 Å². The molecule has 0 bridgehead atoms. The third-order valence-corrected chi connectivity index (χ3v) is 4.71. The van der Waals surface area contributed by atoms with Gasteiger partial charge in [0.25, 0.3) is 0 Å². The highest BCUT2D eigenvalue weighted by molar-refractivity contribution is 7.90. The van der Waals surface area contributed by atoms with E-state index >= 15 is 0 Å². The average Bonchev–Trinajstić information content (AvgIpc) is 2.36. The van der Waals surface area contributed by atoms with Crippen molar-refractivity contribution in [2.75, 3.05) is 7.11 Å². The van der Waals surface area contributed by atoms with Crippen molar-refractivity contribution in [1.82, 2.24) is 4.72 Å². The zero-order chi connectivity index (χ0) is 13.8. The van der Waals surface area contributed by atoms with Gasteiger partial charge in [-0.25, -0.2) is 13.1 Å². The molecule has 0 heterocycles. The van der Waals surface area contributed by atoms with E-state index in [0.717, 1.165) is 11.3 Å². The van der Waals surface area contributed by atoms with Gasteiger partial charge >= 0.3 is 0 Å². The van der Waals surface area contributed by atoms with Crippen molar-refractivity contribution in [3.05, 3.63) is 29.8 Å². The topological polar surface area (TPSA) is 55.4 Å². The summed E-state index contributed by atoms with van der Waals surface area (Å²) >= 11 is 0. The first kappa shape index (κ1) is 15.0. The number of ether oxygens (including phenoxy) is 1. The van der Waals surface area contributed by atoms with Crippen LogP contribution in [0.15, 0.2) is 24.3 Å². The first-order valence-electron chi connectivity index (χ1n) is 6.05. The van der Waals surface area contributed by atoms with Crippen LogP contribution in [0.5, 0.6) is 5.75 Å². The van der Waals surface area contributed by atoms with Gasteiger partial charge < -0.3 is 4.74 Å². The molecule has 4 nitrogen and oxygen atoms in total. The molecule has 0 saturated heterocycles. The highest BCUT2D eigenvalue weighted by Gasteiger charge is 2.21. The molecule has 1 N–H and O–H groups in total. The zero-order valence-electron chi connectivity index (χ0n) is 11.3. The Morgan fingerprint density at radius 1 is 1.22 bits per heavy atom. The lowest BCUT2D eigenvalue weighted by molar-refractivity contribution is 0.414. The van der Waals surface area contributed by atoms with Crippen molar-refractivity contribution < 1.29 is 13.2 Å². The molecule has 1 unspecified atom stereocenters. The number of hydrogen-bond acceptors (Lipinski definition) is 3. The lowest BCUT2D eigenvalue weighted by atomic mass is 10.1. The summed E-state index contributed by atoms with van der Waals surface area (Å²) in [5.74, 6) is 0.764. The van der Waals surface area contributed by atoms with Gasteiger partial charge in [-0.15, -0.1) is 0 Å². The van der Waals surface area contributed by atoms with E-state index in [9.17, 15) is 8.42 Å². The molecule has 0 fully saturated rings. The Labute approximate surface area is 109 Å². The molecule has 1 atom stereocenters. The number of methoxy groups -OCH3 is 1. The van der Waals surface area contributed by atoms with Crippen molar-refractivity contribution in [2.24, 2.45) is 0 Å². The Balaban J connectivity index is 2.89. The molecule has 102 valence electrons. The molecule has 18 heavy (non-hydrogen) atoms. The highest BCUT2D eigenvalue weighted by atomic mass is 32.2. The minimum absolute atomic E-state index is 0.191. The predicted octanol–water partition coefficient (Wildman–Crippen LogP) is 2.47. The van der Waals surface area contributed by atoms with Crippen LogP contribution < -0.4 is 9.46 Å². The van der Waals surface area contributed by atoms with Crippen LogP contribution in [0.25, 0.3) is 0 Å². The quantitative estimate of drug-likeness (QED) is 0.864. The van der Waals surface area contributed by atoms with E-state index in [4.69, 9.17) is 4.74 Å². The van der Waals surface area contributed by atoms with E-state index in [1.807, 2.05) is 31.2 Å². The van der Waals surface area contributed by atoms with Gasteiger partial charge in [0, 0.05) is 6.04 Å². The largest absolute Gasteiger partial charge is 0.497 e. The minimum Gasteiger partial charge on any atom is -0.497 e. The maximum absolute atomic E-state index is 11.9. The van der Waals surface area contributed by atoms with Crippen LogP contribution in [-0.4, -0.2) is 20.8 Å². The lowest BCUT2D eigenvalue weighted by Gasteiger charge is -2.19. The molecule has 0 spiro atoms. The van der Waals surface area contributed by atoms with Crippen LogP contribution in [0, 0.1) is 0 Å². The maximum Gasteiger partial charge on any atom is 0.214 e. The molecule has 0 amide bonds. The number of benzene rings is 1. The Hall–Kier alpha value is -1.07. The van der Waals surface area contributed by atoms with Crippen molar-refractivity contribution in [3.8, 4) is 5.75 Å². The Kier molecular flexibility index (Phi) is 5.16. The second kappa shape index (κ2) is 6.20. The zero-order valence-corrected chi connectivity index (χ0v) is 12.1. The summed E-state index contributed by atoms with van der Waals surface area (Å²) in [7, 11) is -1.65. The van der Waals surface area contributed by atoms with Crippen LogP contribution in [0.3, 0.4) is 0 Å². The predicted molar refractivity (Wildman–Crippen MR) is 73.2 cm³/mol. The molecule has 5 heteroatoms. The Morgan fingerprint density at radius 3 is 2.17 bits per heavy atom. The highest BCUT2D eigenvalue weighted by Crippen LogP contribution is 2.21. The van der Waals surface area contributed by atoms with Crippen LogP contribution in [0.1, 0.15) is 38.8 Å². The van der Waals surface area contributed by atoms with E-state index in [1.165, 1.54) is 0 Å². The van der Waals surface area contributed by atoms with Gasteiger partial charge in [-0.05, 0) is 38.0 Å². The Bertz CT molecular complexity index is 466. The van der Waals surface area contributed by atoms with Gasteiger partial charge in [0.2, 0.25) is 10.0 Å². The Morgan fingerprint density at radius 2 is 1.78 bits per heavy atom. The van der Waals surface area contributed by atoms with Gasteiger partial charge in [0.05, 0.1) is 12.4 Å². The smallest absolute Gasteiger partial charge is 0.214 e. The molecule has 0 aliphatic rings. The summed E-state index contributed by atoms with van der Waals surface area (Å²) in [6.45, 7) is 5.30. The second-order valence-electron chi connectivity index (χ2n) is 4.45. The molecular weight excluding hydrogens is 250 g/mol. The standard InChI is InChI=1S/C13H21NO3S/c1-5-13(14-18(15,16)10(2)3)11-6-8-12(17-4)9-7-11/h6-10,13-14H,5H2,1-4H3. The summed E-state index contributed by atoms with van der Waals surface area (Å²) in [6.07, 6.45) is 0.707. The molecule has 0 aromatic heterocycles. The number of rotatable bonds is 6. The summed E-state index contributed by atoms with van der Waals surface area (Å²) in [5, 5.41) is -0.426. The average molecular weight is 271 g/mol. The van der Waals surface area contributed by atoms with Gasteiger partial charge in [-0.1, -0.05) is 19.1 Å². The minimum atomic E-state index is -3.25. The van der Waals surface area contributed by atoms with Crippen molar-refractivity contribution in [1.29, 1.82) is 0 Å². The molecular formula is C13H21NO3S. The van der Waals surface area contributed by atoms with Crippen LogP contribution in [0.2, 0.25) is 0 Å². The van der Waals surface area contributed by atoms with E-state index < -0.39 is 15.3 Å². The van der Waals surface area contributed by atoms with Crippen LogP contribution in [-0.2, 0) is 10.0 Å². The fraction of sp³-hybridized carbons (Fsp3) is 0.538. The second-order valence-corrected chi connectivity index (χ2v) is 6.71. The van der Waals surface area contributed by atoms with Gasteiger partial charge in [-0.2, -0.15) is 0 Å². The molecule has 0 saturated carbocycles. The molecule has 0 aliphatic carbocycles. The monoisotopic (exact) mass is 271 g/mol. The van der Waals surface area contributed by atoms with E-state index in [2.05, 4.69) is 4.72 Å². The first-order chi connectivity index (χ1) is 8.40. The number of hydrogen-bond donors (Lipinski definition) is 1. The summed E-state index contributed by atoms with van der Waals surface area (Å²) in [5.41, 5.74) is 0.947. The fourth-order valence-corrected chi connectivity index (χ4v) is 2.53. The summed E-state index contributed by atoms with van der Waals surface area (Å²) in [4.78, 5) is 0. The van der Waals surface area contributed by atoms with E-state index in [0.29, 0.717) is 6.42 Å². The van der Waals surface area contributed by atoms with Crippen LogP contribution >= 0.6 is 0 Å². The number of sulfonamides is 1. The third-order valence-electron chi connectivity index (χ3n) is 2.85. The van der Waals surface area contributed by atoms with Crippen molar-refractivity contribution in [3.63, 3.8) is 0 Å². The van der Waals surface area contributed by atoms with E-state index in [1.54, 1.807) is 21.0 Å². The lowest BCUT2D eigenvalue weighted by Crippen LogP contribution is -2.33. The molecule has 0 aliphatic heterocycles. The first-order valence-corrected chi connectivity index (χ1v) is 7.60. The summed E-state index contributed by atoms with van der Waals surface area (Å²) in [6, 6.07) is 7.25. The maximum atomic E-state index is 11.9. The van der Waals surface area contributed by atoms with Gasteiger partial charge in [0.1, 0.15) is 5.75 Å². The summed E-state index contributed by atoms with van der Waals surface area (Å²) < 4.78 is 31.5. The SMILES string of the molecule is CCC(NS(=O)(=O)C(C)C)c1ccc(OC)cc1.